The van der Waals surface area contributed by atoms with E-state index in [4.69, 9.17) is 16.3 Å². The summed E-state index contributed by atoms with van der Waals surface area (Å²) in [6.45, 7) is 8.78. The zero-order chi connectivity index (χ0) is 25.5. The van der Waals surface area contributed by atoms with Crippen LogP contribution in [-0.4, -0.2) is 63.8 Å². The van der Waals surface area contributed by atoms with Crippen LogP contribution in [0.25, 0.3) is 22.2 Å². The minimum Gasteiger partial charge on any atom is -0.478 e. The van der Waals surface area contributed by atoms with Gasteiger partial charge in [-0.2, -0.15) is 0 Å². The Morgan fingerprint density at radius 3 is 2.37 bits per heavy atom. The van der Waals surface area contributed by atoms with Crippen molar-refractivity contribution in [2.75, 3.05) is 31.1 Å². The molecule has 8 nitrogen and oxygen atoms in total. The second-order valence-electron chi connectivity index (χ2n) is 9.35. The van der Waals surface area contributed by atoms with Crippen LogP contribution in [0.1, 0.15) is 36.8 Å². The van der Waals surface area contributed by atoms with Gasteiger partial charge in [0.25, 0.3) is 0 Å². The summed E-state index contributed by atoms with van der Waals surface area (Å²) in [6.07, 6.45) is -0.383. The summed E-state index contributed by atoms with van der Waals surface area (Å²) in [5, 5.41) is 10.5. The summed E-state index contributed by atoms with van der Waals surface area (Å²) in [4.78, 5) is 37.2. The van der Waals surface area contributed by atoms with Gasteiger partial charge in [-0.05, 0) is 45.9 Å². The Bertz CT molecular complexity index is 1320. The zero-order valence-corrected chi connectivity index (χ0v) is 20.7. The summed E-state index contributed by atoms with van der Waals surface area (Å²) in [6, 6.07) is 7.63. The zero-order valence-electron chi connectivity index (χ0n) is 19.9. The highest BCUT2D eigenvalue weighted by molar-refractivity contribution is 6.34. The van der Waals surface area contributed by atoms with Crippen LogP contribution in [0.2, 0.25) is 5.02 Å². The van der Waals surface area contributed by atoms with Crippen LogP contribution in [0.3, 0.4) is 0 Å². The van der Waals surface area contributed by atoms with Crippen LogP contribution in [-0.2, 0) is 4.74 Å². The number of hydrogen-bond donors (Lipinski definition) is 1. The topological polar surface area (TPSA) is 95.9 Å². The lowest BCUT2D eigenvalue weighted by Gasteiger charge is -2.36. The molecular weight excluding hydrogens is 475 g/mol. The van der Waals surface area contributed by atoms with Gasteiger partial charge in [0, 0.05) is 37.1 Å². The van der Waals surface area contributed by atoms with Crippen molar-refractivity contribution in [3.8, 4) is 11.3 Å². The fourth-order valence-electron chi connectivity index (χ4n) is 4.06. The van der Waals surface area contributed by atoms with E-state index in [-0.39, 0.29) is 39.1 Å². The number of pyridine rings is 2. The minimum absolute atomic E-state index is 0.0644. The van der Waals surface area contributed by atoms with Gasteiger partial charge < -0.3 is 19.6 Å². The Balaban J connectivity index is 1.76. The van der Waals surface area contributed by atoms with E-state index in [0.717, 1.165) is 0 Å². The first kappa shape index (κ1) is 24.7. The van der Waals surface area contributed by atoms with Crippen molar-refractivity contribution in [3.05, 3.63) is 52.4 Å². The first-order valence-corrected chi connectivity index (χ1v) is 11.6. The highest BCUT2D eigenvalue weighted by atomic mass is 35.5. The molecule has 10 heteroatoms. The highest BCUT2D eigenvalue weighted by Crippen LogP contribution is 2.36. The number of rotatable bonds is 3. The molecule has 0 aliphatic carbocycles. The molecular formula is C25H26ClFN4O4. The average molecular weight is 501 g/mol. The van der Waals surface area contributed by atoms with E-state index in [1.165, 1.54) is 6.07 Å². The van der Waals surface area contributed by atoms with E-state index in [9.17, 15) is 19.1 Å². The molecule has 0 atom stereocenters. The van der Waals surface area contributed by atoms with Crippen LogP contribution in [0.5, 0.6) is 0 Å². The second-order valence-corrected chi connectivity index (χ2v) is 9.76. The van der Waals surface area contributed by atoms with E-state index in [2.05, 4.69) is 9.97 Å². The van der Waals surface area contributed by atoms with Crippen LogP contribution in [0, 0.1) is 12.7 Å². The van der Waals surface area contributed by atoms with Crippen molar-refractivity contribution >= 4 is 40.4 Å². The summed E-state index contributed by atoms with van der Waals surface area (Å²) in [5.74, 6) is -1.18. The third-order valence-electron chi connectivity index (χ3n) is 5.66. The highest BCUT2D eigenvalue weighted by Gasteiger charge is 2.29. The molecule has 1 aromatic carbocycles. The summed E-state index contributed by atoms with van der Waals surface area (Å²) >= 11 is 6.53. The average Bonchev–Trinajstić information content (AvgIpc) is 2.77. The molecule has 184 valence electrons. The number of aromatic carboxylic acids is 1. The third kappa shape index (κ3) is 5.00. The number of piperazine rings is 1. The predicted molar refractivity (Wildman–Crippen MR) is 132 cm³/mol. The maximum absolute atomic E-state index is 14.5. The molecule has 1 aliphatic rings. The normalized spacial score (nSPS) is 14.3. The lowest BCUT2D eigenvalue weighted by Crippen LogP contribution is -2.50. The Hall–Kier alpha value is -3.46. The van der Waals surface area contributed by atoms with Crippen molar-refractivity contribution < 1.29 is 23.8 Å². The Labute approximate surface area is 207 Å². The second kappa shape index (κ2) is 9.30. The fraction of sp³-hybridized carbons (Fsp3) is 0.360. The monoisotopic (exact) mass is 500 g/mol. The number of carboxylic acid groups (broad SMARTS) is 1. The van der Waals surface area contributed by atoms with Gasteiger partial charge in [-0.15, -0.1) is 0 Å². The molecule has 3 aromatic rings. The number of aromatic nitrogens is 2. The SMILES string of the molecule is Cc1nc(N2CCN(C(=O)OC(C)(C)C)CC2)c2cc(Cl)c(-c3ccccc3F)nc2c1C(=O)O. The van der Waals surface area contributed by atoms with Gasteiger partial charge in [0.2, 0.25) is 0 Å². The number of carbonyl (C=O) groups is 2. The molecule has 0 unspecified atom stereocenters. The summed E-state index contributed by atoms with van der Waals surface area (Å²) < 4.78 is 20.0. The first-order chi connectivity index (χ1) is 16.5. The first-order valence-electron chi connectivity index (χ1n) is 11.2. The number of fused-ring (bicyclic) bond motifs is 1. The fourth-order valence-corrected chi connectivity index (χ4v) is 4.32. The maximum atomic E-state index is 14.5. The van der Waals surface area contributed by atoms with Crippen molar-refractivity contribution in [2.24, 2.45) is 0 Å². The smallest absolute Gasteiger partial charge is 0.410 e. The summed E-state index contributed by atoms with van der Waals surface area (Å²) in [5.41, 5.74) is 0.143. The van der Waals surface area contributed by atoms with E-state index >= 15 is 0 Å². The van der Waals surface area contributed by atoms with Crippen molar-refractivity contribution in [1.29, 1.82) is 0 Å². The number of halogens is 2. The quantitative estimate of drug-likeness (QED) is 0.531. The molecule has 0 spiro atoms. The van der Waals surface area contributed by atoms with Gasteiger partial charge >= 0.3 is 12.1 Å². The third-order valence-corrected chi connectivity index (χ3v) is 5.95. The van der Waals surface area contributed by atoms with Gasteiger partial charge in [0.05, 0.1) is 21.9 Å². The van der Waals surface area contributed by atoms with Crippen LogP contribution >= 0.6 is 11.6 Å². The lowest BCUT2D eigenvalue weighted by molar-refractivity contribution is 0.0240. The number of ether oxygens (including phenoxy) is 1. The molecule has 1 saturated heterocycles. The number of amides is 1. The molecule has 2 aromatic heterocycles. The van der Waals surface area contributed by atoms with E-state index in [0.29, 0.717) is 37.4 Å². The summed E-state index contributed by atoms with van der Waals surface area (Å²) in [7, 11) is 0. The van der Waals surface area contributed by atoms with Gasteiger partial charge in [-0.25, -0.2) is 23.9 Å². The standard InChI is InChI=1S/C25H26ClFN4O4/c1-14-19(23(32)33)21-16(13-17(26)20(29-21)15-7-5-6-8-18(15)27)22(28-14)30-9-11-31(12-10-30)24(34)35-25(2,3)4/h5-8,13H,9-12H2,1-4H3,(H,32,33). The van der Waals surface area contributed by atoms with Crippen LogP contribution in [0.4, 0.5) is 15.0 Å². The van der Waals surface area contributed by atoms with Gasteiger partial charge in [0.15, 0.2) is 0 Å². The predicted octanol–water partition coefficient (Wildman–Crippen LogP) is 5.15. The van der Waals surface area contributed by atoms with E-state index in [1.54, 1.807) is 36.1 Å². The number of aryl methyl sites for hydroxylation is 1. The molecule has 3 heterocycles. The molecule has 1 aliphatic heterocycles. The lowest BCUT2D eigenvalue weighted by atomic mass is 10.0. The van der Waals surface area contributed by atoms with Gasteiger partial charge in [-0.1, -0.05) is 23.7 Å². The molecule has 35 heavy (non-hydrogen) atoms. The van der Waals surface area contributed by atoms with Crippen molar-refractivity contribution in [1.82, 2.24) is 14.9 Å². The minimum atomic E-state index is -1.18. The van der Waals surface area contributed by atoms with E-state index < -0.39 is 17.4 Å². The number of carbonyl (C=O) groups excluding carboxylic acids is 1. The maximum Gasteiger partial charge on any atom is 0.410 e. The number of benzene rings is 1. The van der Waals surface area contributed by atoms with E-state index in [1.807, 2.05) is 25.7 Å². The largest absolute Gasteiger partial charge is 0.478 e. The van der Waals surface area contributed by atoms with Crippen LogP contribution < -0.4 is 4.90 Å². The van der Waals surface area contributed by atoms with Crippen molar-refractivity contribution in [2.45, 2.75) is 33.3 Å². The van der Waals surface area contributed by atoms with Crippen LogP contribution in [0.15, 0.2) is 30.3 Å². The Morgan fingerprint density at radius 2 is 1.77 bits per heavy atom. The number of hydrogen-bond acceptors (Lipinski definition) is 6. The number of nitrogens with zero attached hydrogens (tertiary/aromatic N) is 4. The number of anilines is 1. The Kier molecular flexibility index (Phi) is 6.55. The van der Waals surface area contributed by atoms with Gasteiger partial charge in [-0.3, -0.25) is 0 Å². The molecule has 1 fully saturated rings. The van der Waals surface area contributed by atoms with Crippen molar-refractivity contribution in [3.63, 3.8) is 0 Å². The number of carboxylic acids is 1. The molecule has 0 bridgehead atoms. The van der Waals surface area contributed by atoms with Gasteiger partial charge in [0.1, 0.15) is 22.8 Å². The molecule has 0 saturated carbocycles. The molecule has 0 radical (unpaired) electrons. The molecule has 1 N–H and O–H groups in total. The molecule has 4 rings (SSSR count). The molecule has 1 amide bonds. The Morgan fingerprint density at radius 1 is 1.11 bits per heavy atom.